The number of aromatic nitrogens is 1. The van der Waals surface area contributed by atoms with Gasteiger partial charge >= 0.3 is 0 Å². The Balaban J connectivity index is 2.61. The van der Waals surface area contributed by atoms with E-state index in [4.69, 9.17) is 4.74 Å². The Bertz CT molecular complexity index is 353. The fourth-order valence-electron chi connectivity index (χ4n) is 1.63. The van der Waals surface area contributed by atoms with Crippen LogP contribution in [0.25, 0.3) is 0 Å². The maximum atomic E-state index is 9.68. The molecule has 96 valence electrons. The molecular weight excluding hydrogens is 216 g/mol. The number of nitrogens with one attached hydrogen (secondary N) is 1. The Morgan fingerprint density at radius 1 is 1.41 bits per heavy atom. The molecule has 4 heteroatoms. The SMILES string of the molecule is COCC(NCc1nc(C)ccc1O)C(C)C. The minimum absolute atomic E-state index is 0.239. The van der Waals surface area contributed by atoms with Crippen molar-refractivity contribution < 1.29 is 9.84 Å². The summed E-state index contributed by atoms with van der Waals surface area (Å²) in [6.45, 7) is 7.41. The molecule has 0 saturated carbocycles. The van der Waals surface area contributed by atoms with Gasteiger partial charge in [-0.3, -0.25) is 4.98 Å². The summed E-state index contributed by atoms with van der Waals surface area (Å²) >= 11 is 0. The Morgan fingerprint density at radius 2 is 2.12 bits per heavy atom. The third kappa shape index (κ3) is 4.32. The van der Waals surface area contributed by atoms with Crippen molar-refractivity contribution in [3.63, 3.8) is 0 Å². The van der Waals surface area contributed by atoms with Crippen LogP contribution in [0.4, 0.5) is 0 Å². The van der Waals surface area contributed by atoms with Crippen LogP contribution < -0.4 is 5.32 Å². The van der Waals surface area contributed by atoms with Crippen molar-refractivity contribution in [3.8, 4) is 5.75 Å². The summed E-state index contributed by atoms with van der Waals surface area (Å²) in [6, 6.07) is 3.75. The van der Waals surface area contributed by atoms with Gasteiger partial charge < -0.3 is 15.2 Å². The lowest BCUT2D eigenvalue weighted by atomic mass is 10.1. The van der Waals surface area contributed by atoms with Crippen molar-refractivity contribution in [3.05, 3.63) is 23.5 Å². The van der Waals surface area contributed by atoms with E-state index in [2.05, 4.69) is 24.1 Å². The van der Waals surface area contributed by atoms with Gasteiger partial charge in [-0.1, -0.05) is 13.8 Å². The smallest absolute Gasteiger partial charge is 0.138 e. The Kier molecular flexibility index (Phi) is 5.38. The molecule has 0 saturated heterocycles. The number of ether oxygens (including phenoxy) is 1. The van der Waals surface area contributed by atoms with Crippen LogP contribution in [0.15, 0.2) is 12.1 Å². The van der Waals surface area contributed by atoms with Gasteiger partial charge in [0.1, 0.15) is 5.75 Å². The van der Waals surface area contributed by atoms with Crippen LogP contribution in [0.5, 0.6) is 5.75 Å². The first kappa shape index (κ1) is 13.9. The number of nitrogens with zero attached hydrogens (tertiary/aromatic N) is 1. The van der Waals surface area contributed by atoms with Gasteiger partial charge in [0.15, 0.2) is 0 Å². The lowest BCUT2D eigenvalue weighted by Gasteiger charge is -2.21. The molecule has 1 heterocycles. The van der Waals surface area contributed by atoms with Gasteiger partial charge in [0, 0.05) is 25.4 Å². The molecule has 0 aliphatic rings. The summed E-state index contributed by atoms with van der Waals surface area (Å²) in [6.07, 6.45) is 0. The lowest BCUT2D eigenvalue weighted by molar-refractivity contribution is 0.146. The van der Waals surface area contributed by atoms with Crippen LogP contribution in [0.1, 0.15) is 25.2 Å². The molecule has 0 amide bonds. The number of aryl methyl sites for hydroxylation is 1. The van der Waals surface area contributed by atoms with Gasteiger partial charge in [-0.25, -0.2) is 0 Å². The number of rotatable bonds is 6. The highest BCUT2D eigenvalue weighted by atomic mass is 16.5. The maximum absolute atomic E-state index is 9.68. The van der Waals surface area contributed by atoms with E-state index < -0.39 is 0 Å². The number of methoxy groups -OCH3 is 1. The van der Waals surface area contributed by atoms with Crippen molar-refractivity contribution in [1.82, 2.24) is 10.3 Å². The van der Waals surface area contributed by atoms with E-state index in [1.165, 1.54) is 0 Å². The van der Waals surface area contributed by atoms with Gasteiger partial charge in [0.05, 0.1) is 12.3 Å². The van der Waals surface area contributed by atoms with E-state index >= 15 is 0 Å². The second-order valence-electron chi connectivity index (χ2n) is 4.61. The Labute approximate surface area is 103 Å². The summed E-state index contributed by atoms with van der Waals surface area (Å²) < 4.78 is 5.16. The van der Waals surface area contributed by atoms with Gasteiger partial charge in [-0.2, -0.15) is 0 Å². The first-order chi connectivity index (χ1) is 8.04. The van der Waals surface area contributed by atoms with Crippen LogP contribution in [0, 0.1) is 12.8 Å². The first-order valence-electron chi connectivity index (χ1n) is 5.92. The van der Waals surface area contributed by atoms with Crippen LogP contribution in [-0.2, 0) is 11.3 Å². The quantitative estimate of drug-likeness (QED) is 0.794. The Hall–Kier alpha value is -1.13. The minimum atomic E-state index is 0.239. The zero-order valence-corrected chi connectivity index (χ0v) is 11.0. The number of aromatic hydroxyl groups is 1. The van der Waals surface area contributed by atoms with E-state index in [9.17, 15) is 5.11 Å². The molecule has 0 aliphatic carbocycles. The average Bonchev–Trinajstić information content (AvgIpc) is 2.28. The molecule has 1 unspecified atom stereocenters. The van der Waals surface area contributed by atoms with Crippen LogP contribution >= 0.6 is 0 Å². The van der Waals surface area contributed by atoms with E-state index in [0.717, 1.165) is 5.69 Å². The molecule has 0 aliphatic heterocycles. The molecule has 0 spiro atoms. The standard InChI is InChI=1S/C13H22N2O2/c1-9(2)12(8-17-4)14-7-11-13(16)6-5-10(3)15-11/h5-6,9,12,14,16H,7-8H2,1-4H3. The monoisotopic (exact) mass is 238 g/mol. The summed E-state index contributed by atoms with van der Waals surface area (Å²) in [5.41, 5.74) is 1.60. The van der Waals surface area contributed by atoms with Crippen molar-refractivity contribution in [1.29, 1.82) is 0 Å². The van der Waals surface area contributed by atoms with Gasteiger partial charge in [0.25, 0.3) is 0 Å². The van der Waals surface area contributed by atoms with Crippen molar-refractivity contribution in [2.75, 3.05) is 13.7 Å². The van der Waals surface area contributed by atoms with Crippen molar-refractivity contribution in [2.45, 2.75) is 33.4 Å². The highest BCUT2D eigenvalue weighted by molar-refractivity contribution is 5.27. The summed E-state index contributed by atoms with van der Waals surface area (Å²) in [5, 5.41) is 13.0. The van der Waals surface area contributed by atoms with Crippen LogP contribution in [0.3, 0.4) is 0 Å². The molecule has 2 N–H and O–H groups in total. The predicted molar refractivity (Wildman–Crippen MR) is 68.0 cm³/mol. The van der Waals surface area contributed by atoms with Crippen LogP contribution in [-0.4, -0.2) is 29.8 Å². The zero-order chi connectivity index (χ0) is 12.8. The molecule has 1 aromatic rings. The topological polar surface area (TPSA) is 54.4 Å². The largest absolute Gasteiger partial charge is 0.506 e. The molecule has 0 fully saturated rings. The highest BCUT2D eigenvalue weighted by Gasteiger charge is 2.13. The fraction of sp³-hybridized carbons (Fsp3) is 0.615. The third-order valence-electron chi connectivity index (χ3n) is 2.77. The summed E-state index contributed by atoms with van der Waals surface area (Å²) in [5.74, 6) is 0.713. The molecule has 17 heavy (non-hydrogen) atoms. The average molecular weight is 238 g/mol. The zero-order valence-electron chi connectivity index (χ0n) is 11.0. The first-order valence-corrected chi connectivity index (χ1v) is 5.92. The molecule has 1 atom stereocenters. The summed E-state index contributed by atoms with van der Waals surface area (Å²) in [4.78, 5) is 4.31. The molecule has 4 nitrogen and oxygen atoms in total. The second kappa shape index (κ2) is 6.57. The predicted octanol–water partition coefficient (Wildman–Crippen LogP) is 1.86. The van der Waals surface area contributed by atoms with E-state index in [1.54, 1.807) is 19.2 Å². The lowest BCUT2D eigenvalue weighted by Crippen LogP contribution is -2.37. The van der Waals surface area contributed by atoms with Crippen LogP contribution in [0.2, 0.25) is 0 Å². The van der Waals surface area contributed by atoms with Gasteiger partial charge in [-0.15, -0.1) is 0 Å². The van der Waals surface area contributed by atoms with E-state index in [-0.39, 0.29) is 11.8 Å². The number of hydrogen-bond donors (Lipinski definition) is 2. The minimum Gasteiger partial charge on any atom is -0.506 e. The number of hydrogen-bond acceptors (Lipinski definition) is 4. The molecule has 1 aromatic heterocycles. The maximum Gasteiger partial charge on any atom is 0.138 e. The molecular formula is C13H22N2O2. The summed E-state index contributed by atoms with van der Waals surface area (Å²) in [7, 11) is 1.69. The van der Waals surface area contributed by atoms with Crippen molar-refractivity contribution >= 4 is 0 Å². The normalized spacial score (nSPS) is 13.0. The van der Waals surface area contributed by atoms with E-state index in [0.29, 0.717) is 24.8 Å². The van der Waals surface area contributed by atoms with Crippen molar-refractivity contribution in [2.24, 2.45) is 5.92 Å². The third-order valence-corrected chi connectivity index (χ3v) is 2.77. The molecule has 0 radical (unpaired) electrons. The highest BCUT2D eigenvalue weighted by Crippen LogP contribution is 2.15. The Morgan fingerprint density at radius 3 is 2.71 bits per heavy atom. The van der Waals surface area contributed by atoms with Gasteiger partial charge in [0.2, 0.25) is 0 Å². The number of pyridine rings is 1. The molecule has 1 rings (SSSR count). The second-order valence-corrected chi connectivity index (χ2v) is 4.61. The fourth-order valence-corrected chi connectivity index (χ4v) is 1.63. The molecule has 0 aromatic carbocycles. The van der Waals surface area contributed by atoms with E-state index in [1.807, 2.05) is 6.92 Å². The molecule has 0 bridgehead atoms. The van der Waals surface area contributed by atoms with Gasteiger partial charge in [-0.05, 0) is 25.0 Å².